The molecule has 3 rings (SSSR count). The van der Waals surface area contributed by atoms with E-state index >= 15 is 0 Å². The van der Waals surface area contributed by atoms with Gasteiger partial charge >= 0.3 is 0 Å². The third kappa shape index (κ3) is 2.71. The third-order valence-corrected chi connectivity index (χ3v) is 4.38. The molecule has 0 amide bonds. The molecule has 0 fully saturated rings. The molecule has 2 N–H and O–H groups in total. The van der Waals surface area contributed by atoms with E-state index in [9.17, 15) is 0 Å². The van der Waals surface area contributed by atoms with Crippen molar-refractivity contribution in [2.45, 2.75) is 18.6 Å². The number of fused-ring (bicyclic) bond motifs is 1. The molecule has 1 heterocycles. The summed E-state index contributed by atoms with van der Waals surface area (Å²) >= 11 is 6.91. The van der Waals surface area contributed by atoms with Crippen molar-refractivity contribution in [3.05, 3.63) is 62.5 Å². The molecule has 1 unspecified atom stereocenters. The molecule has 0 saturated carbocycles. The lowest BCUT2D eigenvalue weighted by atomic mass is 9.94. The largest absolute Gasteiger partial charge is 0.485 e. The Balaban J connectivity index is 1.93. The first-order chi connectivity index (χ1) is 9.13. The van der Waals surface area contributed by atoms with Gasteiger partial charge in [0.25, 0.3) is 0 Å². The third-order valence-electron chi connectivity index (χ3n) is 3.35. The van der Waals surface area contributed by atoms with Crippen molar-refractivity contribution in [3.8, 4) is 5.75 Å². The lowest BCUT2D eigenvalue weighted by Crippen LogP contribution is -2.24. The fraction of sp³-hybridized carbons (Fsp3) is 0.200. The standard InChI is InChI=1S/C15H13Br2NO/c16-10-3-1-9(2-4-10)14-8-13(18)12-6-5-11(17)7-15(12)19-14/h1-7,13-14H,8,18H2/t13-,14?/m1/s1. The number of rotatable bonds is 1. The van der Waals surface area contributed by atoms with Crippen LogP contribution in [-0.2, 0) is 0 Å². The topological polar surface area (TPSA) is 35.2 Å². The summed E-state index contributed by atoms with van der Waals surface area (Å²) in [5.41, 5.74) is 8.49. The molecule has 98 valence electrons. The second kappa shape index (κ2) is 5.27. The molecule has 1 aliphatic rings. The summed E-state index contributed by atoms with van der Waals surface area (Å²) in [5, 5.41) is 0. The monoisotopic (exact) mass is 381 g/mol. The maximum Gasteiger partial charge on any atom is 0.126 e. The Hall–Kier alpha value is -0.840. The summed E-state index contributed by atoms with van der Waals surface area (Å²) < 4.78 is 8.16. The molecular weight excluding hydrogens is 370 g/mol. The Labute approximate surface area is 129 Å². The van der Waals surface area contributed by atoms with Gasteiger partial charge in [0.1, 0.15) is 11.9 Å². The molecule has 0 aromatic heterocycles. The summed E-state index contributed by atoms with van der Waals surface area (Å²) in [6.07, 6.45) is 0.820. The molecular formula is C15H13Br2NO. The quantitative estimate of drug-likeness (QED) is 0.773. The Morgan fingerprint density at radius 2 is 1.68 bits per heavy atom. The molecule has 0 bridgehead atoms. The molecule has 2 aromatic rings. The summed E-state index contributed by atoms with van der Waals surface area (Å²) in [5.74, 6) is 0.876. The van der Waals surface area contributed by atoms with Crippen LogP contribution in [0, 0.1) is 0 Å². The van der Waals surface area contributed by atoms with Crippen LogP contribution in [0.5, 0.6) is 5.75 Å². The minimum Gasteiger partial charge on any atom is -0.485 e. The average Bonchev–Trinajstić information content (AvgIpc) is 2.38. The second-order valence-corrected chi connectivity index (χ2v) is 6.51. The summed E-state index contributed by atoms with van der Waals surface area (Å²) in [4.78, 5) is 0. The van der Waals surface area contributed by atoms with E-state index in [-0.39, 0.29) is 12.1 Å². The van der Waals surface area contributed by atoms with Crippen LogP contribution in [0.1, 0.15) is 29.7 Å². The van der Waals surface area contributed by atoms with Crippen LogP contribution < -0.4 is 10.5 Å². The van der Waals surface area contributed by atoms with Crippen molar-refractivity contribution >= 4 is 31.9 Å². The van der Waals surface area contributed by atoms with E-state index in [2.05, 4.69) is 44.0 Å². The number of hydrogen-bond donors (Lipinski definition) is 1. The minimum absolute atomic E-state index is 0.0184. The highest BCUT2D eigenvalue weighted by Crippen LogP contribution is 2.40. The Bertz CT molecular complexity index is 598. The Morgan fingerprint density at radius 3 is 2.42 bits per heavy atom. The molecule has 0 aliphatic carbocycles. The van der Waals surface area contributed by atoms with Gasteiger partial charge < -0.3 is 10.5 Å². The van der Waals surface area contributed by atoms with Gasteiger partial charge in [-0.1, -0.05) is 50.1 Å². The van der Waals surface area contributed by atoms with Gasteiger partial charge in [-0.3, -0.25) is 0 Å². The van der Waals surface area contributed by atoms with E-state index in [1.165, 1.54) is 0 Å². The Kier molecular flexibility index (Phi) is 3.65. The lowest BCUT2D eigenvalue weighted by molar-refractivity contribution is 0.161. The fourth-order valence-electron chi connectivity index (χ4n) is 2.36. The van der Waals surface area contributed by atoms with Gasteiger partial charge in [-0.15, -0.1) is 0 Å². The van der Waals surface area contributed by atoms with E-state index in [0.717, 1.165) is 32.2 Å². The second-order valence-electron chi connectivity index (χ2n) is 4.68. The molecule has 4 heteroatoms. The van der Waals surface area contributed by atoms with Gasteiger partial charge in [0, 0.05) is 27.0 Å². The highest BCUT2D eigenvalue weighted by molar-refractivity contribution is 9.10. The van der Waals surface area contributed by atoms with E-state index in [1.807, 2.05) is 30.3 Å². The molecule has 0 radical (unpaired) electrons. The normalized spacial score (nSPS) is 21.6. The molecule has 1 aliphatic heterocycles. The SMILES string of the molecule is N[C@@H]1CC(c2ccc(Br)cc2)Oc2cc(Br)ccc21. The van der Waals surface area contributed by atoms with Crippen LogP contribution in [0.25, 0.3) is 0 Å². The van der Waals surface area contributed by atoms with Crippen LogP contribution in [0.3, 0.4) is 0 Å². The Morgan fingerprint density at radius 1 is 1.00 bits per heavy atom. The van der Waals surface area contributed by atoms with Gasteiger partial charge in [0.2, 0.25) is 0 Å². The van der Waals surface area contributed by atoms with Gasteiger partial charge in [-0.25, -0.2) is 0 Å². The zero-order valence-electron chi connectivity index (χ0n) is 10.1. The van der Waals surface area contributed by atoms with Crippen molar-refractivity contribution in [2.75, 3.05) is 0 Å². The summed E-state index contributed by atoms with van der Waals surface area (Å²) in [7, 11) is 0. The van der Waals surface area contributed by atoms with Crippen LogP contribution >= 0.6 is 31.9 Å². The summed E-state index contributed by atoms with van der Waals surface area (Å²) in [6.45, 7) is 0. The van der Waals surface area contributed by atoms with Gasteiger partial charge in [0.05, 0.1) is 0 Å². The van der Waals surface area contributed by atoms with Crippen molar-refractivity contribution in [3.63, 3.8) is 0 Å². The molecule has 0 spiro atoms. The van der Waals surface area contributed by atoms with E-state index in [1.54, 1.807) is 0 Å². The smallest absolute Gasteiger partial charge is 0.126 e. The zero-order chi connectivity index (χ0) is 13.4. The van der Waals surface area contributed by atoms with E-state index < -0.39 is 0 Å². The molecule has 2 nitrogen and oxygen atoms in total. The highest BCUT2D eigenvalue weighted by Gasteiger charge is 2.27. The number of nitrogens with two attached hydrogens (primary N) is 1. The first kappa shape index (κ1) is 13.2. The maximum absolute atomic E-state index is 6.25. The molecule has 2 atom stereocenters. The number of hydrogen-bond acceptors (Lipinski definition) is 2. The first-order valence-electron chi connectivity index (χ1n) is 6.10. The predicted molar refractivity (Wildman–Crippen MR) is 83.2 cm³/mol. The lowest BCUT2D eigenvalue weighted by Gasteiger charge is -2.30. The van der Waals surface area contributed by atoms with Crippen LogP contribution in [0.4, 0.5) is 0 Å². The van der Waals surface area contributed by atoms with Gasteiger partial charge in [0.15, 0.2) is 0 Å². The van der Waals surface area contributed by atoms with Crippen LogP contribution in [0.2, 0.25) is 0 Å². The molecule has 0 saturated heterocycles. The van der Waals surface area contributed by atoms with Crippen molar-refractivity contribution in [2.24, 2.45) is 5.73 Å². The van der Waals surface area contributed by atoms with Gasteiger partial charge in [-0.2, -0.15) is 0 Å². The van der Waals surface area contributed by atoms with Crippen LogP contribution in [0.15, 0.2) is 51.4 Å². The number of halogens is 2. The van der Waals surface area contributed by atoms with Crippen molar-refractivity contribution < 1.29 is 4.74 Å². The maximum atomic E-state index is 6.25. The fourth-order valence-corrected chi connectivity index (χ4v) is 2.96. The van der Waals surface area contributed by atoms with Crippen molar-refractivity contribution in [1.29, 1.82) is 0 Å². The van der Waals surface area contributed by atoms with E-state index in [4.69, 9.17) is 10.5 Å². The van der Waals surface area contributed by atoms with Gasteiger partial charge in [-0.05, 0) is 29.8 Å². The van der Waals surface area contributed by atoms with E-state index in [0.29, 0.717) is 0 Å². The minimum atomic E-state index is 0.0184. The summed E-state index contributed by atoms with van der Waals surface area (Å²) in [6, 6.07) is 14.2. The first-order valence-corrected chi connectivity index (χ1v) is 7.69. The average molecular weight is 383 g/mol. The highest BCUT2D eigenvalue weighted by atomic mass is 79.9. The van der Waals surface area contributed by atoms with Crippen molar-refractivity contribution in [1.82, 2.24) is 0 Å². The molecule has 19 heavy (non-hydrogen) atoms. The predicted octanol–water partition coefficient (Wildman–Crippen LogP) is 4.74. The number of benzene rings is 2. The molecule has 2 aromatic carbocycles. The number of ether oxygens (including phenoxy) is 1. The zero-order valence-corrected chi connectivity index (χ0v) is 13.3. The van der Waals surface area contributed by atoms with Crippen LogP contribution in [-0.4, -0.2) is 0 Å².